The van der Waals surface area contributed by atoms with Crippen LogP contribution in [0.3, 0.4) is 0 Å². The van der Waals surface area contributed by atoms with Crippen LogP contribution in [0.15, 0.2) is 53.4 Å². The highest BCUT2D eigenvalue weighted by Gasteiger charge is 2.39. The number of hydrogen-bond donors (Lipinski definition) is 1. The quantitative estimate of drug-likeness (QED) is 0.480. The molecular formula is C25H28Cl2N2O2S. The Hall–Kier alpha value is -1.53. The summed E-state index contributed by atoms with van der Waals surface area (Å²) in [5, 5.41) is 4.91. The highest BCUT2D eigenvalue weighted by Crippen LogP contribution is 2.51. The Morgan fingerprint density at radius 3 is 2.53 bits per heavy atom. The molecule has 0 amide bonds. The van der Waals surface area contributed by atoms with Gasteiger partial charge in [0.2, 0.25) is 10.0 Å². The third-order valence-corrected chi connectivity index (χ3v) is 9.87. The zero-order chi connectivity index (χ0) is 22.5. The highest BCUT2D eigenvalue weighted by molar-refractivity contribution is 7.89. The van der Waals surface area contributed by atoms with Crippen molar-refractivity contribution >= 4 is 38.9 Å². The Labute approximate surface area is 200 Å². The van der Waals surface area contributed by atoms with Crippen LogP contribution in [0.25, 0.3) is 0 Å². The van der Waals surface area contributed by atoms with E-state index in [1.54, 1.807) is 23.5 Å². The lowest BCUT2D eigenvalue weighted by atomic mass is 9.77. The summed E-state index contributed by atoms with van der Waals surface area (Å²) in [6, 6.07) is 11.3. The number of nitrogens with zero attached hydrogens (tertiary/aromatic N) is 1. The molecule has 2 aliphatic carbocycles. The molecule has 3 unspecified atom stereocenters. The van der Waals surface area contributed by atoms with Crippen molar-refractivity contribution in [1.82, 2.24) is 4.31 Å². The van der Waals surface area contributed by atoms with Crippen LogP contribution in [-0.2, 0) is 10.0 Å². The van der Waals surface area contributed by atoms with Crippen molar-refractivity contribution in [2.24, 2.45) is 5.92 Å². The summed E-state index contributed by atoms with van der Waals surface area (Å²) in [7, 11) is -1.80. The van der Waals surface area contributed by atoms with E-state index in [0.29, 0.717) is 14.9 Å². The normalized spacial score (nSPS) is 25.4. The monoisotopic (exact) mass is 490 g/mol. The fourth-order valence-corrected chi connectivity index (χ4v) is 7.58. The maximum Gasteiger partial charge on any atom is 0.243 e. The van der Waals surface area contributed by atoms with Gasteiger partial charge in [-0.1, -0.05) is 60.7 Å². The summed E-state index contributed by atoms with van der Waals surface area (Å²) in [5.74, 6) is 0.424. The van der Waals surface area contributed by atoms with E-state index in [-0.39, 0.29) is 23.9 Å². The number of hydrogen-bond acceptors (Lipinski definition) is 3. The summed E-state index contributed by atoms with van der Waals surface area (Å²) >= 11 is 12.7. The summed E-state index contributed by atoms with van der Waals surface area (Å²) < 4.78 is 28.5. The largest absolute Gasteiger partial charge is 0.378 e. The van der Waals surface area contributed by atoms with Gasteiger partial charge in [-0.3, -0.25) is 0 Å². The first kappa shape index (κ1) is 22.3. The number of fused-ring (bicyclic) bond motifs is 3. The molecular weight excluding hydrogens is 463 g/mol. The van der Waals surface area contributed by atoms with Crippen molar-refractivity contribution < 1.29 is 8.42 Å². The molecule has 5 rings (SSSR count). The number of benzene rings is 2. The fourth-order valence-electron chi connectivity index (χ4n) is 5.60. The summed E-state index contributed by atoms with van der Waals surface area (Å²) in [4.78, 5) is 0.383. The first-order valence-electron chi connectivity index (χ1n) is 11.4. The van der Waals surface area contributed by atoms with E-state index in [0.717, 1.165) is 48.9 Å². The Bertz CT molecular complexity index is 1160. The van der Waals surface area contributed by atoms with E-state index in [9.17, 15) is 8.42 Å². The van der Waals surface area contributed by atoms with Crippen LogP contribution in [-0.4, -0.2) is 25.8 Å². The maximum atomic E-state index is 13.4. The standard InChI is InChI=1S/C25H28Cl2N2O2S/c1-29(17-6-3-2-4-7-17)32(30,31)18-11-13-24-22(15-18)19-8-5-9-20(19)25(28-24)21-12-10-16(26)14-23(21)27/h5,8,10-15,17,19-20,25,28H,2-4,6-7,9H2,1H3. The summed E-state index contributed by atoms with van der Waals surface area (Å²) in [6.07, 6.45) is 10.6. The lowest BCUT2D eigenvalue weighted by molar-refractivity contribution is 0.286. The lowest BCUT2D eigenvalue weighted by Crippen LogP contribution is -2.38. The van der Waals surface area contributed by atoms with Gasteiger partial charge in [0, 0.05) is 34.7 Å². The average Bonchev–Trinajstić information content (AvgIpc) is 3.29. The third-order valence-electron chi connectivity index (χ3n) is 7.40. The molecule has 1 N–H and O–H groups in total. The van der Waals surface area contributed by atoms with E-state index in [4.69, 9.17) is 23.2 Å². The first-order valence-corrected chi connectivity index (χ1v) is 13.6. The van der Waals surface area contributed by atoms with E-state index in [1.807, 2.05) is 24.3 Å². The molecule has 0 bridgehead atoms. The van der Waals surface area contributed by atoms with Gasteiger partial charge in [0.05, 0.1) is 10.9 Å². The highest BCUT2D eigenvalue weighted by atomic mass is 35.5. The molecule has 0 spiro atoms. The van der Waals surface area contributed by atoms with Gasteiger partial charge < -0.3 is 5.32 Å². The van der Waals surface area contributed by atoms with Crippen LogP contribution in [0.5, 0.6) is 0 Å². The number of rotatable bonds is 4. The van der Waals surface area contributed by atoms with Gasteiger partial charge >= 0.3 is 0 Å². The molecule has 3 aliphatic rings. The molecule has 3 atom stereocenters. The number of allylic oxidation sites excluding steroid dienone is 2. The molecule has 2 aromatic rings. The molecule has 1 heterocycles. The Balaban J connectivity index is 1.49. The second-order valence-electron chi connectivity index (χ2n) is 9.20. The maximum absolute atomic E-state index is 13.4. The Morgan fingerprint density at radius 2 is 1.78 bits per heavy atom. The molecule has 2 aromatic carbocycles. The molecule has 0 aromatic heterocycles. The van der Waals surface area contributed by atoms with E-state index < -0.39 is 10.0 Å². The van der Waals surface area contributed by atoms with Crippen molar-refractivity contribution in [3.05, 3.63) is 69.7 Å². The van der Waals surface area contributed by atoms with Gasteiger partial charge in [0.15, 0.2) is 0 Å². The third kappa shape index (κ3) is 3.87. The molecule has 32 heavy (non-hydrogen) atoms. The smallest absolute Gasteiger partial charge is 0.243 e. The number of anilines is 1. The number of halogens is 2. The zero-order valence-electron chi connectivity index (χ0n) is 18.1. The molecule has 0 saturated heterocycles. The lowest BCUT2D eigenvalue weighted by Gasteiger charge is -2.38. The van der Waals surface area contributed by atoms with Gasteiger partial charge in [-0.15, -0.1) is 0 Å². The van der Waals surface area contributed by atoms with Crippen molar-refractivity contribution in [1.29, 1.82) is 0 Å². The molecule has 0 radical (unpaired) electrons. The van der Waals surface area contributed by atoms with E-state index in [1.165, 1.54) is 6.42 Å². The molecule has 170 valence electrons. The second kappa shape index (κ2) is 8.68. The van der Waals surface area contributed by atoms with Gasteiger partial charge in [0.1, 0.15) is 0 Å². The van der Waals surface area contributed by atoms with Crippen LogP contribution >= 0.6 is 23.2 Å². The van der Waals surface area contributed by atoms with E-state index in [2.05, 4.69) is 17.5 Å². The van der Waals surface area contributed by atoms with Crippen molar-refractivity contribution in [3.8, 4) is 0 Å². The van der Waals surface area contributed by atoms with Crippen LogP contribution in [0.2, 0.25) is 10.0 Å². The minimum absolute atomic E-state index is 0.0413. The minimum atomic E-state index is -3.53. The van der Waals surface area contributed by atoms with Gasteiger partial charge in [-0.25, -0.2) is 8.42 Å². The summed E-state index contributed by atoms with van der Waals surface area (Å²) in [6.45, 7) is 0. The fraction of sp³-hybridized carbons (Fsp3) is 0.440. The van der Waals surface area contributed by atoms with Crippen molar-refractivity contribution in [2.75, 3.05) is 12.4 Å². The number of sulfonamides is 1. The van der Waals surface area contributed by atoms with Gasteiger partial charge in [-0.2, -0.15) is 4.31 Å². The summed E-state index contributed by atoms with van der Waals surface area (Å²) in [5.41, 5.74) is 3.03. The molecule has 1 fully saturated rings. The molecule has 4 nitrogen and oxygen atoms in total. The van der Waals surface area contributed by atoms with E-state index >= 15 is 0 Å². The van der Waals surface area contributed by atoms with Crippen LogP contribution in [0, 0.1) is 5.92 Å². The molecule has 1 saturated carbocycles. The SMILES string of the molecule is CN(C1CCCCC1)S(=O)(=O)c1ccc2c(c1)C1C=CCC1C(c1ccc(Cl)cc1Cl)N2. The van der Waals surface area contributed by atoms with Crippen molar-refractivity contribution in [3.63, 3.8) is 0 Å². The Morgan fingerprint density at radius 1 is 1.00 bits per heavy atom. The van der Waals surface area contributed by atoms with Crippen LogP contribution in [0.4, 0.5) is 5.69 Å². The topological polar surface area (TPSA) is 49.4 Å². The Kier molecular flexibility index (Phi) is 6.04. The minimum Gasteiger partial charge on any atom is -0.378 e. The van der Waals surface area contributed by atoms with Crippen molar-refractivity contribution in [2.45, 2.75) is 61.4 Å². The van der Waals surface area contributed by atoms with Crippen LogP contribution < -0.4 is 5.32 Å². The first-order chi connectivity index (χ1) is 15.4. The molecule has 1 aliphatic heterocycles. The predicted octanol–water partition coefficient (Wildman–Crippen LogP) is 6.77. The average molecular weight is 491 g/mol. The number of nitrogens with one attached hydrogen (secondary N) is 1. The van der Waals surface area contributed by atoms with Gasteiger partial charge in [0.25, 0.3) is 0 Å². The van der Waals surface area contributed by atoms with Gasteiger partial charge in [-0.05, 0) is 66.6 Å². The second-order valence-corrected chi connectivity index (χ2v) is 12.0. The molecule has 7 heteroatoms. The zero-order valence-corrected chi connectivity index (χ0v) is 20.4. The van der Waals surface area contributed by atoms with Crippen LogP contribution in [0.1, 0.15) is 61.6 Å². The predicted molar refractivity (Wildman–Crippen MR) is 131 cm³/mol.